The van der Waals surface area contributed by atoms with Crippen LogP contribution in [0.25, 0.3) is 0 Å². The monoisotopic (exact) mass is 411 g/mol. The molecule has 30 heavy (non-hydrogen) atoms. The molecule has 0 saturated carbocycles. The van der Waals surface area contributed by atoms with Gasteiger partial charge in [-0.15, -0.1) is 0 Å². The largest absolute Gasteiger partial charge is 0.492 e. The number of nitrogens with zero attached hydrogens (tertiary/aromatic N) is 3. The van der Waals surface area contributed by atoms with Gasteiger partial charge in [-0.25, -0.2) is 4.98 Å². The molecule has 2 saturated heterocycles. The molecule has 0 bridgehead atoms. The Bertz CT molecular complexity index is 787. The zero-order valence-electron chi connectivity index (χ0n) is 17.9. The molecule has 3 heterocycles. The molecular weight excluding hydrogens is 378 g/mol. The third-order valence-electron chi connectivity index (χ3n) is 5.73. The molecule has 7 heteroatoms. The van der Waals surface area contributed by atoms with E-state index in [2.05, 4.69) is 25.5 Å². The molecule has 0 spiro atoms. The Morgan fingerprint density at radius 2 is 1.97 bits per heavy atom. The number of hydrogen-bond donors (Lipinski definition) is 2. The Hall–Kier alpha value is -2.38. The maximum atomic E-state index is 5.91. The first-order valence-electron chi connectivity index (χ1n) is 11.2. The van der Waals surface area contributed by atoms with Gasteiger partial charge in [0.1, 0.15) is 18.2 Å². The molecule has 1 aromatic heterocycles. The average Bonchev–Trinajstić information content (AvgIpc) is 3.30. The van der Waals surface area contributed by atoms with Crippen molar-refractivity contribution in [2.45, 2.75) is 45.1 Å². The molecule has 2 aliphatic rings. The summed E-state index contributed by atoms with van der Waals surface area (Å²) in [5, 5.41) is 6.68. The van der Waals surface area contributed by atoms with Gasteiger partial charge in [0.15, 0.2) is 0 Å². The van der Waals surface area contributed by atoms with Crippen molar-refractivity contribution in [3.63, 3.8) is 0 Å². The van der Waals surface area contributed by atoms with Crippen LogP contribution in [0.1, 0.15) is 37.7 Å². The minimum absolute atomic E-state index is 0.276. The molecule has 2 fully saturated rings. The minimum atomic E-state index is 0.276. The number of anilines is 3. The number of benzene rings is 1. The lowest BCUT2D eigenvalue weighted by atomic mass is 10.1. The zero-order valence-corrected chi connectivity index (χ0v) is 17.9. The zero-order chi connectivity index (χ0) is 20.6. The van der Waals surface area contributed by atoms with E-state index < -0.39 is 0 Å². The summed E-state index contributed by atoms with van der Waals surface area (Å²) in [6, 6.07) is 7.98. The van der Waals surface area contributed by atoms with E-state index in [4.69, 9.17) is 9.47 Å². The van der Waals surface area contributed by atoms with Crippen LogP contribution in [0.15, 0.2) is 30.5 Å². The van der Waals surface area contributed by atoms with Crippen LogP contribution >= 0.6 is 0 Å². The Balaban J connectivity index is 1.26. The Morgan fingerprint density at radius 3 is 2.73 bits per heavy atom. The van der Waals surface area contributed by atoms with Gasteiger partial charge in [0.05, 0.1) is 6.10 Å². The molecule has 7 nitrogen and oxygen atoms in total. The molecular formula is C23H33N5O2. The fraction of sp³-hybridized carbons (Fsp3) is 0.565. The maximum Gasteiger partial charge on any atom is 0.229 e. The van der Waals surface area contributed by atoms with Crippen LogP contribution in [-0.4, -0.2) is 60.4 Å². The second-order valence-corrected chi connectivity index (χ2v) is 8.14. The molecule has 1 atom stereocenters. The molecule has 2 aromatic rings. The molecule has 2 aliphatic heterocycles. The normalized spacial score (nSPS) is 19.6. The third-order valence-corrected chi connectivity index (χ3v) is 5.73. The van der Waals surface area contributed by atoms with Gasteiger partial charge in [0.2, 0.25) is 5.95 Å². The quantitative estimate of drug-likeness (QED) is 0.646. The minimum Gasteiger partial charge on any atom is -0.492 e. The maximum absolute atomic E-state index is 5.91. The summed E-state index contributed by atoms with van der Waals surface area (Å²) in [4.78, 5) is 11.5. The van der Waals surface area contributed by atoms with Crippen molar-refractivity contribution in [2.75, 3.05) is 50.0 Å². The molecule has 1 unspecified atom stereocenters. The number of nitrogens with one attached hydrogen (secondary N) is 2. The molecule has 1 aromatic carbocycles. The lowest BCUT2D eigenvalue weighted by molar-refractivity contribution is 0.120. The topological polar surface area (TPSA) is 71.5 Å². The molecule has 4 rings (SSSR count). The highest BCUT2D eigenvalue weighted by Gasteiger charge is 2.16. The van der Waals surface area contributed by atoms with Crippen LogP contribution < -0.4 is 15.4 Å². The highest BCUT2D eigenvalue weighted by Crippen LogP contribution is 2.21. The van der Waals surface area contributed by atoms with Gasteiger partial charge >= 0.3 is 0 Å². The lowest BCUT2D eigenvalue weighted by Gasteiger charge is -2.26. The summed E-state index contributed by atoms with van der Waals surface area (Å²) in [5.41, 5.74) is 1.96. The first-order valence-corrected chi connectivity index (χ1v) is 11.2. The summed E-state index contributed by atoms with van der Waals surface area (Å²) >= 11 is 0. The predicted molar refractivity (Wildman–Crippen MR) is 120 cm³/mol. The lowest BCUT2D eigenvalue weighted by Crippen LogP contribution is -2.33. The van der Waals surface area contributed by atoms with Gasteiger partial charge in [-0.05, 0) is 70.0 Å². The summed E-state index contributed by atoms with van der Waals surface area (Å²) in [6.07, 6.45) is 8.35. The summed E-state index contributed by atoms with van der Waals surface area (Å²) < 4.78 is 11.6. The van der Waals surface area contributed by atoms with Gasteiger partial charge in [0, 0.05) is 37.1 Å². The Morgan fingerprint density at radius 1 is 1.13 bits per heavy atom. The number of ether oxygens (including phenoxy) is 2. The van der Waals surface area contributed by atoms with E-state index in [1.54, 1.807) is 0 Å². The predicted octanol–water partition coefficient (Wildman–Crippen LogP) is 3.98. The van der Waals surface area contributed by atoms with Crippen molar-refractivity contribution in [3.05, 3.63) is 36.0 Å². The average molecular weight is 412 g/mol. The van der Waals surface area contributed by atoms with E-state index >= 15 is 0 Å². The first-order chi connectivity index (χ1) is 14.8. The molecule has 0 amide bonds. The van der Waals surface area contributed by atoms with E-state index in [9.17, 15) is 0 Å². The van der Waals surface area contributed by atoms with Crippen molar-refractivity contribution in [1.82, 2.24) is 14.9 Å². The van der Waals surface area contributed by atoms with Crippen molar-refractivity contribution >= 4 is 17.5 Å². The van der Waals surface area contributed by atoms with Crippen molar-refractivity contribution in [3.8, 4) is 5.75 Å². The second kappa shape index (κ2) is 10.6. The number of likely N-dealkylation sites (tertiary alicyclic amines) is 1. The number of hydrogen-bond acceptors (Lipinski definition) is 7. The SMILES string of the molecule is Cc1cnc(Nc2ccc(OCCN3CCCCC3)cc2)nc1NCC1CCCO1. The van der Waals surface area contributed by atoms with Crippen LogP contribution in [0.2, 0.25) is 0 Å². The molecule has 0 radical (unpaired) electrons. The number of rotatable bonds is 9. The van der Waals surface area contributed by atoms with E-state index in [-0.39, 0.29) is 6.10 Å². The van der Waals surface area contributed by atoms with Gasteiger partial charge in [0.25, 0.3) is 0 Å². The van der Waals surface area contributed by atoms with Crippen LogP contribution in [0, 0.1) is 6.92 Å². The molecule has 0 aliphatic carbocycles. The van der Waals surface area contributed by atoms with E-state index in [0.717, 1.165) is 62.0 Å². The van der Waals surface area contributed by atoms with Crippen LogP contribution in [0.3, 0.4) is 0 Å². The highest BCUT2D eigenvalue weighted by atomic mass is 16.5. The number of aryl methyl sites for hydroxylation is 1. The summed E-state index contributed by atoms with van der Waals surface area (Å²) in [7, 11) is 0. The van der Waals surface area contributed by atoms with Gasteiger partial charge in [-0.2, -0.15) is 4.98 Å². The smallest absolute Gasteiger partial charge is 0.229 e. The van der Waals surface area contributed by atoms with Crippen molar-refractivity contribution < 1.29 is 9.47 Å². The summed E-state index contributed by atoms with van der Waals surface area (Å²) in [6.45, 7) is 7.78. The van der Waals surface area contributed by atoms with Crippen LogP contribution in [0.4, 0.5) is 17.5 Å². The third kappa shape index (κ3) is 6.06. The van der Waals surface area contributed by atoms with Crippen molar-refractivity contribution in [2.24, 2.45) is 0 Å². The Kier molecular flexibility index (Phi) is 7.37. The standard InChI is InChI=1S/C23H33N5O2/c1-18-16-25-23(27-22(18)24-17-21-6-5-14-29-21)26-19-7-9-20(10-8-19)30-15-13-28-11-3-2-4-12-28/h7-10,16,21H,2-6,11-15,17H2,1H3,(H2,24,25,26,27). The first kappa shape index (κ1) is 20.9. The molecule has 2 N–H and O–H groups in total. The summed E-state index contributed by atoms with van der Waals surface area (Å²) in [5.74, 6) is 2.32. The van der Waals surface area contributed by atoms with Gasteiger partial charge in [-0.3, -0.25) is 4.90 Å². The van der Waals surface area contributed by atoms with E-state index in [0.29, 0.717) is 5.95 Å². The van der Waals surface area contributed by atoms with E-state index in [1.165, 1.54) is 32.4 Å². The number of piperidine rings is 1. The van der Waals surface area contributed by atoms with Gasteiger partial charge < -0.3 is 20.1 Å². The fourth-order valence-electron chi connectivity index (χ4n) is 3.94. The van der Waals surface area contributed by atoms with Crippen LogP contribution in [-0.2, 0) is 4.74 Å². The number of aromatic nitrogens is 2. The second-order valence-electron chi connectivity index (χ2n) is 8.14. The van der Waals surface area contributed by atoms with Crippen LogP contribution in [0.5, 0.6) is 5.75 Å². The molecule has 162 valence electrons. The highest BCUT2D eigenvalue weighted by molar-refractivity contribution is 5.57. The Labute approximate surface area is 179 Å². The van der Waals surface area contributed by atoms with Gasteiger partial charge in [-0.1, -0.05) is 6.42 Å². The van der Waals surface area contributed by atoms with Crippen molar-refractivity contribution in [1.29, 1.82) is 0 Å². The van der Waals surface area contributed by atoms with E-state index in [1.807, 2.05) is 37.4 Å². The fourth-order valence-corrected chi connectivity index (χ4v) is 3.94.